The van der Waals surface area contributed by atoms with E-state index in [4.69, 9.17) is 14.0 Å². The fraction of sp³-hybridized carbons (Fsp3) is 0.438. The number of aromatic nitrogens is 1. The summed E-state index contributed by atoms with van der Waals surface area (Å²) in [7, 11) is 1.66. The van der Waals surface area contributed by atoms with Crippen molar-refractivity contribution in [2.24, 2.45) is 0 Å². The zero-order valence-electron chi connectivity index (χ0n) is 12.2. The molecule has 1 aliphatic rings. The summed E-state index contributed by atoms with van der Waals surface area (Å²) in [5.41, 5.74) is 1.74. The maximum Gasteiger partial charge on any atom is 0.151 e. The third-order valence-electron chi connectivity index (χ3n) is 3.67. The van der Waals surface area contributed by atoms with E-state index in [1.807, 2.05) is 30.3 Å². The highest BCUT2D eigenvalue weighted by molar-refractivity contribution is 5.66. The first-order valence-electron chi connectivity index (χ1n) is 7.27. The average Bonchev–Trinajstić information content (AvgIpc) is 3.02. The van der Waals surface area contributed by atoms with Crippen LogP contribution < -0.4 is 10.1 Å². The molecule has 0 spiro atoms. The van der Waals surface area contributed by atoms with Gasteiger partial charge < -0.3 is 19.3 Å². The Labute approximate surface area is 124 Å². The minimum atomic E-state index is 0.401. The van der Waals surface area contributed by atoms with Crippen LogP contribution >= 0.6 is 0 Å². The van der Waals surface area contributed by atoms with Crippen LogP contribution in [0.1, 0.15) is 18.6 Å². The second-order valence-corrected chi connectivity index (χ2v) is 5.17. The predicted octanol–water partition coefficient (Wildman–Crippen LogP) is 2.62. The zero-order chi connectivity index (χ0) is 14.5. The van der Waals surface area contributed by atoms with Crippen molar-refractivity contribution >= 4 is 0 Å². The van der Waals surface area contributed by atoms with Crippen molar-refractivity contribution in [3.63, 3.8) is 0 Å². The van der Waals surface area contributed by atoms with Crippen molar-refractivity contribution in [1.29, 1.82) is 0 Å². The number of benzene rings is 1. The fourth-order valence-electron chi connectivity index (χ4n) is 2.53. The molecular formula is C16H20N2O3. The Bertz CT molecular complexity index is 576. The molecule has 0 amide bonds. The van der Waals surface area contributed by atoms with Crippen molar-refractivity contribution in [2.75, 3.05) is 20.3 Å². The number of methoxy groups -OCH3 is 1. The van der Waals surface area contributed by atoms with E-state index < -0.39 is 0 Å². The Kier molecular flexibility index (Phi) is 4.52. The molecule has 1 atom stereocenters. The molecule has 5 heteroatoms. The van der Waals surface area contributed by atoms with Gasteiger partial charge in [0.2, 0.25) is 0 Å². The number of hydrogen-bond acceptors (Lipinski definition) is 5. The van der Waals surface area contributed by atoms with E-state index in [-0.39, 0.29) is 0 Å². The second-order valence-electron chi connectivity index (χ2n) is 5.17. The molecule has 1 fully saturated rings. The summed E-state index contributed by atoms with van der Waals surface area (Å²) in [5, 5.41) is 7.57. The molecule has 0 bridgehead atoms. The molecule has 1 aliphatic heterocycles. The molecule has 3 rings (SSSR count). The molecule has 1 saturated heterocycles. The van der Waals surface area contributed by atoms with Crippen LogP contribution in [0.2, 0.25) is 0 Å². The van der Waals surface area contributed by atoms with E-state index in [1.165, 1.54) is 0 Å². The predicted molar refractivity (Wildman–Crippen MR) is 79.2 cm³/mol. The molecule has 0 aliphatic carbocycles. The van der Waals surface area contributed by atoms with Crippen molar-refractivity contribution in [3.05, 3.63) is 36.1 Å². The maximum atomic E-state index is 5.45. The van der Waals surface area contributed by atoms with Crippen LogP contribution in [0.4, 0.5) is 0 Å². The Hall–Kier alpha value is -1.85. The van der Waals surface area contributed by atoms with Crippen molar-refractivity contribution < 1.29 is 14.0 Å². The van der Waals surface area contributed by atoms with Crippen molar-refractivity contribution in [3.8, 4) is 17.0 Å². The van der Waals surface area contributed by atoms with Gasteiger partial charge in [-0.2, -0.15) is 0 Å². The van der Waals surface area contributed by atoms with Crippen LogP contribution in [0, 0.1) is 0 Å². The quantitative estimate of drug-likeness (QED) is 0.916. The highest BCUT2D eigenvalue weighted by atomic mass is 16.5. The first-order chi connectivity index (χ1) is 10.4. The summed E-state index contributed by atoms with van der Waals surface area (Å²) >= 11 is 0. The summed E-state index contributed by atoms with van der Waals surface area (Å²) in [6.07, 6.45) is 2.26. The smallest absolute Gasteiger partial charge is 0.151 e. The molecular weight excluding hydrogens is 268 g/mol. The van der Waals surface area contributed by atoms with Crippen molar-refractivity contribution in [2.45, 2.75) is 25.4 Å². The SMILES string of the molecule is COc1ccccc1-c1cc(CN[C@H]2CCCOC2)on1. The zero-order valence-corrected chi connectivity index (χ0v) is 12.2. The van der Waals surface area contributed by atoms with Gasteiger partial charge in [0.05, 0.1) is 20.3 Å². The molecule has 0 saturated carbocycles. The van der Waals surface area contributed by atoms with Crippen LogP contribution in [0.15, 0.2) is 34.9 Å². The number of hydrogen-bond donors (Lipinski definition) is 1. The van der Waals surface area contributed by atoms with Crippen LogP contribution in [-0.4, -0.2) is 31.5 Å². The number of nitrogens with zero attached hydrogens (tertiary/aromatic N) is 1. The second kappa shape index (κ2) is 6.74. The van der Waals surface area contributed by atoms with Crippen LogP contribution in [0.25, 0.3) is 11.3 Å². The lowest BCUT2D eigenvalue weighted by Gasteiger charge is -2.22. The van der Waals surface area contributed by atoms with E-state index in [0.29, 0.717) is 12.6 Å². The fourth-order valence-corrected chi connectivity index (χ4v) is 2.53. The van der Waals surface area contributed by atoms with E-state index in [1.54, 1.807) is 7.11 Å². The van der Waals surface area contributed by atoms with Crippen molar-refractivity contribution in [1.82, 2.24) is 10.5 Å². The standard InChI is InChI=1S/C16H20N2O3/c1-19-16-7-3-2-6-14(16)15-9-13(21-18-15)10-17-12-5-4-8-20-11-12/h2-3,6-7,9,12,17H,4-5,8,10-11H2,1H3/t12-/m0/s1. The number of ether oxygens (including phenoxy) is 2. The third kappa shape index (κ3) is 3.43. The molecule has 0 unspecified atom stereocenters. The van der Waals surface area contributed by atoms with Gasteiger partial charge in [0.25, 0.3) is 0 Å². The highest BCUT2D eigenvalue weighted by Gasteiger charge is 2.15. The summed E-state index contributed by atoms with van der Waals surface area (Å²) in [6, 6.07) is 10.1. The lowest BCUT2D eigenvalue weighted by Crippen LogP contribution is -2.36. The molecule has 112 valence electrons. The minimum Gasteiger partial charge on any atom is -0.496 e. The number of rotatable bonds is 5. The Morgan fingerprint density at radius 3 is 3.10 bits per heavy atom. The molecule has 2 aromatic rings. The van der Waals surface area contributed by atoms with Gasteiger partial charge in [-0.25, -0.2) is 0 Å². The largest absolute Gasteiger partial charge is 0.496 e. The molecule has 2 heterocycles. The molecule has 21 heavy (non-hydrogen) atoms. The summed E-state index contributed by atoms with van der Waals surface area (Å²) < 4.78 is 16.2. The van der Waals surface area contributed by atoms with Gasteiger partial charge in [-0.3, -0.25) is 0 Å². The summed E-state index contributed by atoms with van der Waals surface area (Å²) in [6.45, 7) is 2.31. The van der Waals surface area contributed by atoms with Crippen LogP contribution in [-0.2, 0) is 11.3 Å². The molecule has 5 nitrogen and oxygen atoms in total. The Morgan fingerprint density at radius 2 is 2.29 bits per heavy atom. The van der Waals surface area contributed by atoms with E-state index >= 15 is 0 Å². The summed E-state index contributed by atoms with van der Waals surface area (Å²) in [4.78, 5) is 0. The number of para-hydroxylation sites is 1. The topological polar surface area (TPSA) is 56.5 Å². The lowest BCUT2D eigenvalue weighted by atomic mass is 10.1. The van der Waals surface area contributed by atoms with Crippen LogP contribution in [0.5, 0.6) is 5.75 Å². The number of nitrogens with one attached hydrogen (secondary N) is 1. The van der Waals surface area contributed by atoms with Gasteiger partial charge in [-0.05, 0) is 25.0 Å². The third-order valence-corrected chi connectivity index (χ3v) is 3.67. The van der Waals surface area contributed by atoms with Gasteiger partial charge in [-0.1, -0.05) is 17.3 Å². The van der Waals surface area contributed by atoms with Gasteiger partial charge in [0, 0.05) is 24.3 Å². The Morgan fingerprint density at radius 1 is 1.38 bits per heavy atom. The molecule has 1 aromatic heterocycles. The monoisotopic (exact) mass is 288 g/mol. The first kappa shape index (κ1) is 14.1. The lowest BCUT2D eigenvalue weighted by molar-refractivity contribution is 0.0691. The van der Waals surface area contributed by atoms with Gasteiger partial charge >= 0.3 is 0 Å². The minimum absolute atomic E-state index is 0.401. The molecule has 1 aromatic carbocycles. The maximum absolute atomic E-state index is 5.45. The van der Waals surface area contributed by atoms with Gasteiger partial charge in [0.15, 0.2) is 5.76 Å². The first-order valence-corrected chi connectivity index (χ1v) is 7.27. The van der Waals surface area contributed by atoms with Gasteiger partial charge in [0.1, 0.15) is 11.4 Å². The normalized spacial score (nSPS) is 18.6. The molecule has 0 radical (unpaired) electrons. The van der Waals surface area contributed by atoms with E-state index in [9.17, 15) is 0 Å². The van der Waals surface area contributed by atoms with Gasteiger partial charge in [-0.15, -0.1) is 0 Å². The van der Waals surface area contributed by atoms with E-state index in [0.717, 1.165) is 48.8 Å². The Balaban J connectivity index is 1.65. The van der Waals surface area contributed by atoms with Crippen LogP contribution in [0.3, 0.4) is 0 Å². The average molecular weight is 288 g/mol. The summed E-state index contributed by atoms with van der Waals surface area (Å²) in [5.74, 6) is 1.62. The van der Waals surface area contributed by atoms with E-state index in [2.05, 4.69) is 10.5 Å². The molecule has 1 N–H and O–H groups in total. The highest BCUT2D eigenvalue weighted by Crippen LogP contribution is 2.28.